The highest BCUT2D eigenvalue weighted by Crippen LogP contribution is 2.25. The number of aryl methyl sites for hydroxylation is 1. The van der Waals surface area contributed by atoms with Gasteiger partial charge in [-0.25, -0.2) is 14.1 Å². The average molecular weight is 403 g/mol. The number of hydrogen-bond donors (Lipinski definition) is 1. The van der Waals surface area contributed by atoms with Crippen molar-refractivity contribution in [2.24, 2.45) is 0 Å². The van der Waals surface area contributed by atoms with Crippen molar-refractivity contribution >= 4 is 17.5 Å². The third kappa shape index (κ3) is 4.55. The lowest BCUT2D eigenvalue weighted by Gasteiger charge is -2.07. The number of nitrogens with zero attached hydrogens (tertiary/aromatic N) is 3. The Balaban J connectivity index is 1.98. The molecular weight excluding hydrogens is 383 g/mol. The smallest absolute Gasteiger partial charge is 0.290 e. The van der Waals surface area contributed by atoms with Crippen LogP contribution in [-0.4, -0.2) is 40.9 Å². The van der Waals surface area contributed by atoms with E-state index in [1.807, 2.05) is 19.1 Å². The van der Waals surface area contributed by atoms with Gasteiger partial charge in [0.05, 0.1) is 5.69 Å². The summed E-state index contributed by atoms with van der Waals surface area (Å²) in [5, 5.41) is 7.70. The van der Waals surface area contributed by atoms with Gasteiger partial charge in [0.2, 0.25) is 5.82 Å². The number of halogens is 2. The average Bonchev–Trinajstić information content (AvgIpc) is 3.13. The molecule has 146 valence electrons. The lowest BCUT2D eigenvalue weighted by atomic mass is 10.2. The van der Waals surface area contributed by atoms with Crippen LogP contribution in [0.1, 0.15) is 22.6 Å². The molecule has 28 heavy (non-hydrogen) atoms. The fraction of sp³-hybridized carbons (Fsp3) is 0.250. The summed E-state index contributed by atoms with van der Waals surface area (Å²) >= 11 is 6.25. The molecule has 0 unspecified atom stereocenters. The second kappa shape index (κ2) is 8.95. The molecule has 0 aliphatic carbocycles. The van der Waals surface area contributed by atoms with Gasteiger partial charge in [0, 0.05) is 30.8 Å². The Morgan fingerprint density at radius 1 is 1.25 bits per heavy atom. The van der Waals surface area contributed by atoms with Gasteiger partial charge in [-0.15, -0.1) is 5.10 Å². The van der Waals surface area contributed by atoms with Crippen molar-refractivity contribution in [1.29, 1.82) is 0 Å². The second-order valence-electron chi connectivity index (χ2n) is 6.21. The van der Waals surface area contributed by atoms with Crippen LogP contribution < -0.4 is 5.32 Å². The number of amides is 1. The van der Waals surface area contributed by atoms with Crippen molar-refractivity contribution in [3.8, 4) is 17.1 Å². The number of methoxy groups -OCH3 is 1. The summed E-state index contributed by atoms with van der Waals surface area (Å²) in [4.78, 5) is 16.8. The van der Waals surface area contributed by atoms with E-state index >= 15 is 0 Å². The third-order valence-electron chi connectivity index (χ3n) is 4.12. The van der Waals surface area contributed by atoms with Crippen molar-refractivity contribution in [2.75, 3.05) is 20.3 Å². The van der Waals surface area contributed by atoms with E-state index in [1.165, 1.54) is 16.8 Å². The first-order chi connectivity index (χ1) is 13.5. The van der Waals surface area contributed by atoms with Crippen molar-refractivity contribution in [3.63, 3.8) is 0 Å². The van der Waals surface area contributed by atoms with Crippen molar-refractivity contribution in [1.82, 2.24) is 20.1 Å². The van der Waals surface area contributed by atoms with Gasteiger partial charge in [0.25, 0.3) is 5.91 Å². The molecule has 0 saturated heterocycles. The summed E-state index contributed by atoms with van der Waals surface area (Å²) in [5.74, 6) is -0.309. The topological polar surface area (TPSA) is 69.0 Å². The van der Waals surface area contributed by atoms with Crippen LogP contribution in [0.5, 0.6) is 0 Å². The van der Waals surface area contributed by atoms with E-state index in [0.29, 0.717) is 41.7 Å². The van der Waals surface area contributed by atoms with E-state index < -0.39 is 5.91 Å². The predicted molar refractivity (Wildman–Crippen MR) is 105 cm³/mol. The standard InChI is InChI=1S/C20H20ClFN4O2/c1-13-4-9-16(12-17(13)21)26-19(14-5-7-15(22)8-6-14)24-18(25-26)20(27)23-10-3-11-28-2/h4-9,12H,3,10-11H2,1-2H3,(H,23,27). The maximum Gasteiger partial charge on any atom is 0.290 e. The minimum atomic E-state index is -0.392. The molecule has 0 spiro atoms. The van der Waals surface area contributed by atoms with Crippen LogP contribution in [0.3, 0.4) is 0 Å². The molecule has 1 amide bonds. The maximum atomic E-state index is 13.3. The SMILES string of the molecule is COCCCNC(=O)c1nc(-c2ccc(F)cc2)n(-c2ccc(C)c(Cl)c2)n1. The Kier molecular flexibility index (Phi) is 6.38. The molecule has 0 saturated carbocycles. The van der Waals surface area contributed by atoms with Crippen molar-refractivity contribution in [3.05, 3.63) is 64.7 Å². The molecule has 3 aromatic rings. The van der Waals surface area contributed by atoms with E-state index in [2.05, 4.69) is 15.4 Å². The highest BCUT2D eigenvalue weighted by Gasteiger charge is 2.19. The lowest BCUT2D eigenvalue weighted by Crippen LogP contribution is -2.26. The van der Waals surface area contributed by atoms with Crippen LogP contribution in [0.2, 0.25) is 5.02 Å². The zero-order valence-electron chi connectivity index (χ0n) is 15.6. The molecule has 1 N–H and O–H groups in total. The van der Waals surface area contributed by atoms with E-state index in [-0.39, 0.29) is 11.6 Å². The molecule has 0 fully saturated rings. The second-order valence-corrected chi connectivity index (χ2v) is 6.62. The van der Waals surface area contributed by atoms with E-state index in [1.54, 1.807) is 25.3 Å². The molecule has 0 atom stereocenters. The Hall–Kier alpha value is -2.77. The number of aromatic nitrogens is 3. The van der Waals surface area contributed by atoms with E-state index in [4.69, 9.17) is 16.3 Å². The summed E-state index contributed by atoms with van der Waals surface area (Å²) in [6, 6.07) is 11.3. The van der Waals surface area contributed by atoms with Crippen LogP contribution in [0, 0.1) is 12.7 Å². The van der Waals surface area contributed by atoms with Crippen LogP contribution in [-0.2, 0) is 4.74 Å². The van der Waals surface area contributed by atoms with Gasteiger partial charge in [-0.05, 0) is 55.3 Å². The van der Waals surface area contributed by atoms with Gasteiger partial charge in [0.1, 0.15) is 5.82 Å². The molecular formula is C20H20ClFN4O2. The first-order valence-electron chi connectivity index (χ1n) is 8.76. The summed E-state index contributed by atoms with van der Waals surface area (Å²) < 4.78 is 19.8. The lowest BCUT2D eigenvalue weighted by molar-refractivity contribution is 0.0938. The zero-order chi connectivity index (χ0) is 20.1. The fourth-order valence-corrected chi connectivity index (χ4v) is 2.76. The highest BCUT2D eigenvalue weighted by molar-refractivity contribution is 6.31. The molecule has 1 aromatic heterocycles. The van der Waals surface area contributed by atoms with Gasteiger partial charge >= 0.3 is 0 Å². The quantitative estimate of drug-likeness (QED) is 0.610. The maximum absolute atomic E-state index is 13.3. The summed E-state index contributed by atoms with van der Waals surface area (Å²) in [6.45, 7) is 2.89. The number of hydrogen-bond acceptors (Lipinski definition) is 4. The Morgan fingerprint density at radius 3 is 2.68 bits per heavy atom. The Labute approximate surface area is 167 Å². The number of rotatable bonds is 7. The number of nitrogens with one attached hydrogen (secondary N) is 1. The third-order valence-corrected chi connectivity index (χ3v) is 4.53. The zero-order valence-corrected chi connectivity index (χ0v) is 16.3. The summed E-state index contributed by atoms with van der Waals surface area (Å²) in [6.07, 6.45) is 0.682. The first-order valence-corrected chi connectivity index (χ1v) is 9.14. The predicted octanol–water partition coefficient (Wildman–Crippen LogP) is 3.80. The van der Waals surface area contributed by atoms with Gasteiger partial charge < -0.3 is 10.1 Å². The molecule has 0 aliphatic rings. The van der Waals surface area contributed by atoms with Crippen molar-refractivity contribution in [2.45, 2.75) is 13.3 Å². The molecule has 3 rings (SSSR count). The normalized spacial score (nSPS) is 10.9. The molecule has 1 heterocycles. The molecule has 0 radical (unpaired) electrons. The van der Waals surface area contributed by atoms with Crippen LogP contribution in [0.4, 0.5) is 4.39 Å². The number of carbonyl (C=O) groups excluding carboxylic acids is 1. The number of benzene rings is 2. The van der Waals surface area contributed by atoms with Crippen LogP contribution in [0.25, 0.3) is 17.1 Å². The van der Waals surface area contributed by atoms with E-state index in [0.717, 1.165) is 5.56 Å². The monoisotopic (exact) mass is 402 g/mol. The van der Waals surface area contributed by atoms with Gasteiger partial charge in [-0.3, -0.25) is 4.79 Å². The molecule has 0 bridgehead atoms. The summed E-state index contributed by atoms with van der Waals surface area (Å²) in [7, 11) is 1.60. The highest BCUT2D eigenvalue weighted by atomic mass is 35.5. The van der Waals surface area contributed by atoms with Gasteiger partial charge in [-0.2, -0.15) is 0 Å². The number of ether oxygens (including phenoxy) is 1. The number of carbonyl (C=O) groups is 1. The largest absolute Gasteiger partial charge is 0.385 e. The molecule has 2 aromatic carbocycles. The Morgan fingerprint density at radius 2 is 2.00 bits per heavy atom. The molecule has 8 heteroatoms. The molecule has 6 nitrogen and oxygen atoms in total. The molecule has 0 aliphatic heterocycles. The van der Waals surface area contributed by atoms with Crippen LogP contribution >= 0.6 is 11.6 Å². The van der Waals surface area contributed by atoms with Gasteiger partial charge in [-0.1, -0.05) is 17.7 Å². The first kappa shape index (κ1) is 20.0. The fourth-order valence-electron chi connectivity index (χ4n) is 2.59. The van der Waals surface area contributed by atoms with E-state index in [9.17, 15) is 9.18 Å². The minimum absolute atomic E-state index is 0.0217. The van der Waals surface area contributed by atoms with Crippen LogP contribution in [0.15, 0.2) is 42.5 Å². The minimum Gasteiger partial charge on any atom is -0.385 e. The Bertz CT molecular complexity index is 973. The van der Waals surface area contributed by atoms with Crippen molar-refractivity contribution < 1.29 is 13.9 Å². The van der Waals surface area contributed by atoms with Gasteiger partial charge in [0.15, 0.2) is 5.82 Å². The summed E-state index contributed by atoms with van der Waals surface area (Å²) in [5.41, 5.74) is 2.20.